The van der Waals surface area contributed by atoms with Crippen molar-refractivity contribution in [1.29, 1.82) is 0 Å². The van der Waals surface area contributed by atoms with Gasteiger partial charge in [0.2, 0.25) is 0 Å². The van der Waals surface area contributed by atoms with Gasteiger partial charge in [0.25, 0.3) is 0 Å². The first-order valence-electron chi connectivity index (χ1n) is 9.36. The van der Waals surface area contributed by atoms with Crippen molar-refractivity contribution in [2.24, 2.45) is 0 Å². The highest BCUT2D eigenvalue weighted by Gasteiger charge is 2.52. The summed E-state index contributed by atoms with van der Waals surface area (Å²) in [5.41, 5.74) is 0.613. The highest BCUT2D eigenvalue weighted by molar-refractivity contribution is 5.31. The molecule has 26 heavy (non-hydrogen) atoms. The Morgan fingerprint density at radius 2 is 1.50 bits per heavy atom. The summed E-state index contributed by atoms with van der Waals surface area (Å²) in [5, 5.41) is 10.5. The lowest BCUT2D eigenvalue weighted by molar-refractivity contribution is -0.132. The number of hydrogen-bond acceptors (Lipinski definition) is 5. The fourth-order valence-corrected chi connectivity index (χ4v) is 3.33. The lowest BCUT2D eigenvalue weighted by atomic mass is 9.87. The van der Waals surface area contributed by atoms with E-state index in [9.17, 15) is 5.11 Å². The van der Waals surface area contributed by atoms with Crippen LogP contribution in [0, 0.1) is 0 Å². The van der Waals surface area contributed by atoms with Crippen molar-refractivity contribution < 1.29 is 24.1 Å². The van der Waals surface area contributed by atoms with Gasteiger partial charge in [-0.05, 0) is 39.7 Å². The number of benzene rings is 1. The van der Waals surface area contributed by atoms with E-state index >= 15 is 0 Å². The van der Waals surface area contributed by atoms with Crippen LogP contribution in [0.4, 0.5) is 0 Å². The van der Waals surface area contributed by atoms with Gasteiger partial charge >= 0.3 is 0 Å². The zero-order valence-electron chi connectivity index (χ0n) is 17.1. The molecule has 0 spiro atoms. The average molecular weight is 366 g/mol. The molecule has 2 rings (SSSR count). The Balaban J connectivity index is 2.38. The van der Waals surface area contributed by atoms with Gasteiger partial charge in [-0.25, -0.2) is 0 Å². The van der Waals surface area contributed by atoms with Crippen molar-refractivity contribution in [3.05, 3.63) is 35.4 Å². The molecule has 0 saturated carbocycles. The van der Waals surface area contributed by atoms with Gasteiger partial charge in [0.05, 0.1) is 17.3 Å². The van der Waals surface area contributed by atoms with E-state index in [4.69, 9.17) is 18.9 Å². The minimum absolute atomic E-state index is 0.316. The Labute approximate surface area is 157 Å². The van der Waals surface area contributed by atoms with E-state index in [1.54, 1.807) is 14.2 Å². The molecule has 1 aliphatic rings. The lowest BCUT2D eigenvalue weighted by Gasteiger charge is -2.38. The average Bonchev–Trinajstić information content (AvgIpc) is 3.09. The second kappa shape index (κ2) is 8.36. The summed E-state index contributed by atoms with van der Waals surface area (Å²) in [6, 6.07) is 7.76. The predicted molar refractivity (Wildman–Crippen MR) is 101 cm³/mol. The molecule has 1 aromatic carbocycles. The third-order valence-electron chi connectivity index (χ3n) is 5.41. The molecule has 0 radical (unpaired) electrons. The summed E-state index contributed by atoms with van der Waals surface area (Å²) >= 11 is 0. The number of methoxy groups -OCH3 is 2. The highest BCUT2D eigenvalue weighted by Crippen LogP contribution is 2.43. The molecule has 1 saturated heterocycles. The van der Waals surface area contributed by atoms with Crippen LogP contribution in [0.3, 0.4) is 0 Å². The van der Waals surface area contributed by atoms with E-state index in [1.165, 1.54) is 0 Å². The summed E-state index contributed by atoms with van der Waals surface area (Å²) in [4.78, 5) is 0. The Hall–Kier alpha value is -0.980. The van der Waals surface area contributed by atoms with Gasteiger partial charge < -0.3 is 24.1 Å². The van der Waals surface area contributed by atoms with Crippen LogP contribution < -0.4 is 0 Å². The summed E-state index contributed by atoms with van der Waals surface area (Å²) in [6.07, 6.45) is -0.138. The van der Waals surface area contributed by atoms with E-state index in [1.807, 2.05) is 52.0 Å². The molecule has 0 bridgehead atoms. The van der Waals surface area contributed by atoms with Crippen LogP contribution in [0.5, 0.6) is 0 Å². The molecule has 1 fully saturated rings. The van der Waals surface area contributed by atoms with Crippen molar-refractivity contribution in [1.82, 2.24) is 0 Å². The second-order valence-corrected chi connectivity index (χ2v) is 7.99. The summed E-state index contributed by atoms with van der Waals surface area (Å²) in [6.45, 7) is 10.0. The smallest absolute Gasteiger partial charge is 0.185 e. The SMILES string of the molecule is CCC[C@H](O)c1ccccc1C1O[C@@H](C(C)(C)OC)[C@H](C(C)(C)OC)O1. The molecule has 5 nitrogen and oxygen atoms in total. The van der Waals surface area contributed by atoms with Crippen LogP contribution in [-0.4, -0.2) is 42.7 Å². The van der Waals surface area contributed by atoms with Gasteiger partial charge in [0.15, 0.2) is 6.29 Å². The Morgan fingerprint density at radius 1 is 1.00 bits per heavy atom. The molecule has 0 aromatic heterocycles. The van der Waals surface area contributed by atoms with Gasteiger partial charge in [0.1, 0.15) is 12.2 Å². The standard InChI is InChI=1S/C21H34O5/c1-8-11-16(22)14-12-9-10-13-15(14)19-25-17(20(2,3)23-6)18(26-19)21(4,5)24-7/h9-10,12-13,16-19,22H,8,11H2,1-7H3/t16-,17+,18+/m0/s1. The molecule has 1 heterocycles. The molecule has 0 amide bonds. The zero-order valence-corrected chi connectivity index (χ0v) is 17.1. The maximum absolute atomic E-state index is 10.5. The molecule has 1 aliphatic heterocycles. The monoisotopic (exact) mass is 366 g/mol. The third-order valence-corrected chi connectivity index (χ3v) is 5.41. The van der Waals surface area contributed by atoms with Gasteiger partial charge in [-0.2, -0.15) is 0 Å². The summed E-state index contributed by atoms with van der Waals surface area (Å²) in [5.74, 6) is 0. The second-order valence-electron chi connectivity index (χ2n) is 7.99. The Kier molecular flexibility index (Phi) is 6.86. The number of ether oxygens (including phenoxy) is 4. The highest BCUT2D eigenvalue weighted by atomic mass is 16.7. The van der Waals surface area contributed by atoms with Gasteiger partial charge in [-0.3, -0.25) is 0 Å². The van der Waals surface area contributed by atoms with E-state index in [-0.39, 0.29) is 12.2 Å². The molecular formula is C21H34O5. The van der Waals surface area contributed by atoms with Crippen molar-refractivity contribution in [2.45, 2.75) is 83.3 Å². The first-order chi connectivity index (χ1) is 12.2. The van der Waals surface area contributed by atoms with E-state index < -0.39 is 23.6 Å². The predicted octanol–water partition coefficient (Wildman–Crippen LogP) is 4.15. The molecule has 3 atom stereocenters. The van der Waals surface area contributed by atoms with Crippen LogP contribution in [0.1, 0.15) is 71.0 Å². The van der Waals surface area contributed by atoms with Gasteiger partial charge in [-0.1, -0.05) is 37.6 Å². The third kappa shape index (κ3) is 4.29. The molecule has 5 heteroatoms. The molecule has 1 aromatic rings. The van der Waals surface area contributed by atoms with E-state index in [2.05, 4.69) is 6.92 Å². The molecule has 0 unspecified atom stereocenters. The fourth-order valence-electron chi connectivity index (χ4n) is 3.33. The summed E-state index contributed by atoms with van der Waals surface area (Å²) in [7, 11) is 3.35. The zero-order chi connectivity index (χ0) is 19.5. The van der Waals surface area contributed by atoms with E-state index in [0.717, 1.165) is 17.5 Å². The molecular weight excluding hydrogens is 332 g/mol. The molecule has 0 aliphatic carbocycles. The first-order valence-corrected chi connectivity index (χ1v) is 9.36. The lowest BCUT2D eigenvalue weighted by Crippen LogP contribution is -2.53. The molecule has 1 N–H and O–H groups in total. The van der Waals surface area contributed by atoms with Crippen molar-refractivity contribution in [3.8, 4) is 0 Å². The number of rotatable bonds is 8. The molecule has 148 valence electrons. The summed E-state index contributed by atoms with van der Waals surface area (Å²) < 4.78 is 24.0. The van der Waals surface area contributed by atoms with Crippen molar-refractivity contribution in [3.63, 3.8) is 0 Å². The first kappa shape index (κ1) is 21.3. The normalized spacial score (nSPS) is 23.4. The number of aliphatic hydroxyl groups excluding tert-OH is 1. The van der Waals surface area contributed by atoms with Crippen LogP contribution in [0.15, 0.2) is 24.3 Å². The quantitative estimate of drug-likeness (QED) is 0.749. The van der Waals surface area contributed by atoms with Crippen LogP contribution >= 0.6 is 0 Å². The maximum atomic E-state index is 10.5. The Bertz CT molecular complexity index is 560. The van der Waals surface area contributed by atoms with Crippen LogP contribution in [0.2, 0.25) is 0 Å². The van der Waals surface area contributed by atoms with Crippen molar-refractivity contribution in [2.75, 3.05) is 14.2 Å². The van der Waals surface area contributed by atoms with Crippen LogP contribution in [0.25, 0.3) is 0 Å². The number of hydrogen-bond donors (Lipinski definition) is 1. The van der Waals surface area contributed by atoms with E-state index in [0.29, 0.717) is 6.42 Å². The Morgan fingerprint density at radius 3 is 1.96 bits per heavy atom. The minimum Gasteiger partial charge on any atom is -0.388 e. The topological polar surface area (TPSA) is 57.2 Å². The van der Waals surface area contributed by atoms with Gasteiger partial charge in [-0.15, -0.1) is 0 Å². The van der Waals surface area contributed by atoms with Crippen LogP contribution in [-0.2, 0) is 18.9 Å². The van der Waals surface area contributed by atoms with Crippen molar-refractivity contribution >= 4 is 0 Å². The maximum Gasteiger partial charge on any atom is 0.185 e. The minimum atomic E-state index is -0.573. The van der Waals surface area contributed by atoms with Gasteiger partial charge in [0, 0.05) is 19.8 Å². The number of aliphatic hydroxyl groups is 1. The largest absolute Gasteiger partial charge is 0.388 e. The fraction of sp³-hybridized carbons (Fsp3) is 0.714.